The zero-order valence-electron chi connectivity index (χ0n) is 13.8. The number of aryl methyl sites for hydroxylation is 1. The van der Waals surface area contributed by atoms with E-state index in [1.54, 1.807) is 6.20 Å². The van der Waals surface area contributed by atoms with Crippen molar-refractivity contribution in [3.05, 3.63) is 46.2 Å². The molecule has 128 valence electrons. The third-order valence-corrected chi connectivity index (χ3v) is 4.61. The smallest absolute Gasteiger partial charge is 0.227 e. The summed E-state index contributed by atoms with van der Waals surface area (Å²) in [6, 6.07) is 5.59. The molecule has 0 saturated heterocycles. The van der Waals surface area contributed by atoms with Crippen LogP contribution < -0.4 is 10.1 Å². The fourth-order valence-corrected chi connectivity index (χ4v) is 3.41. The average Bonchev–Trinajstić information content (AvgIpc) is 3.05. The van der Waals surface area contributed by atoms with Gasteiger partial charge in [0.25, 0.3) is 0 Å². The number of H-pyrrole nitrogens is 1. The molecule has 2 aromatic rings. The number of aromatic amines is 1. The van der Waals surface area contributed by atoms with Gasteiger partial charge in [0.1, 0.15) is 5.75 Å². The second-order valence-corrected chi connectivity index (χ2v) is 6.41. The molecule has 0 fully saturated rings. The highest BCUT2D eigenvalue weighted by atomic mass is 35.5. The molecule has 1 aromatic carbocycles. The first-order valence-electron chi connectivity index (χ1n) is 8.40. The normalized spacial score (nSPS) is 16.5. The van der Waals surface area contributed by atoms with Crippen molar-refractivity contribution >= 4 is 17.5 Å². The Morgan fingerprint density at radius 3 is 3.21 bits per heavy atom. The highest BCUT2D eigenvalue weighted by molar-refractivity contribution is 6.30. The quantitative estimate of drug-likeness (QED) is 0.843. The number of rotatable bonds is 6. The molecule has 0 spiro atoms. The maximum atomic E-state index is 12.5. The molecule has 1 atom stereocenters. The van der Waals surface area contributed by atoms with Crippen molar-refractivity contribution in [2.24, 2.45) is 0 Å². The molecule has 0 aliphatic heterocycles. The van der Waals surface area contributed by atoms with Crippen LogP contribution in [0, 0.1) is 0 Å². The van der Waals surface area contributed by atoms with E-state index in [1.807, 2.05) is 25.1 Å². The minimum Gasteiger partial charge on any atom is -0.494 e. The lowest BCUT2D eigenvalue weighted by atomic mass is 9.86. The number of halogens is 1. The Hall–Kier alpha value is -2.01. The maximum Gasteiger partial charge on any atom is 0.227 e. The van der Waals surface area contributed by atoms with Crippen molar-refractivity contribution < 1.29 is 9.53 Å². The summed E-state index contributed by atoms with van der Waals surface area (Å²) >= 11 is 6.07. The van der Waals surface area contributed by atoms with Gasteiger partial charge in [-0.2, -0.15) is 5.10 Å². The molecule has 0 unspecified atom stereocenters. The molecule has 24 heavy (non-hydrogen) atoms. The number of hydrogen-bond acceptors (Lipinski definition) is 3. The van der Waals surface area contributed by atoms with E-state index in [9.17, 15) is 4.79 Å². The highest BCUT2D eigenvalue weighted by Gasteiger charge is 2.27. The van der Waals surface area contributed by atoms with Gasteiger partial charge in [-0.3, -0.25) is 9.89 Å². The van der Waals surface area contributed by atoms with Gasteiger partial charge in [-0.05, 0) is 56.4 Å². The third-order valence-electron chi connectivity index (χ3n) is 4.38. The van der Waals surface area contributed by atoms with Crippen molar-refractivity contribution in [3.63, 3.8) is 0 Å². The minimum atomic E-state index is -0.0989. The fourth-order valence-electron chi connectivity index (χ4n) is 3.22. The van der Waals surface area contributed by atoms with Gasteiger partial charge in [0.15, 0.2) is 0 Å². The Balaban J connectivity index is 1.59. The van der Waals surface area contributed by atoms with Gasteiger partial charge < -0.3 is 10.1 Å². The number of carbonyl (C=O) groups excluding carboxylic acids is 1. The maximum absolute atomic E-state index is 12.5. The summed E-state index contributed by atoms with van der Waals surface area (Å²) in [6.07, 6.45) is 5.32. The highest BCUT2D eigenvalue weighted by Crippen LogP contribution is 2.30. The van der Waals surface area contributed by atoms with Gasteiger partial charge in [0.05, 0.1) is 18.7 Å². The zero-order valence-corrected chi connectivity index (χ0v) is 14.5. The van der Waals surface area contributed by atoms with Crippen molar-refractivity contribution in [2.45, 2.75) is 38.5 Å². The van der Waals surface area contributed by atoms with E-state index in [0.29, 0.717) is 24.6 Å². The van der Waals surface area contributed by atoms with Crippen molar-refractivity contribution in [2.75, 3.05) is 13.2 Å². The van der Waals surface area contributed by atoms with Crippen LogP contribution in [0.25, 0.3) is 0 Å². The Bertz CT molecular complexity index is 714. The summed E-state index contributed by atoms with van der Waals surface area (Å²) in [7, 11) is 0. The van der Waals surface area contributed by atoms with E-state index in [0.717, 1.165) is 41.8 Å². The Kier molecular flexibility index (Phi) is 5.41. The molecule has 5 nitrogen and oxygen atoms in total. The molecule has 3 rings (SSSR count). The average molecular weight is 348 g/mol. The van der Waals surface area contributed by atoms with E-state index in [2.05, 4.69) is 15.5 Å². The van der Waals surface area contributed by atoms with Crippen LogP contribution in [0.3, 0.4) is 0 Å². The van der Waals surface area contributed by atoms with Crippen LogP contribution in [0.2, 0.25) is 5.02 Å². The number of benzene rings is 1. The van der Waals surface area contributed by atoms with Gasteiger partial charge in [0.2, 0.25) is 5.91 Å². The molecule has 2 N–H and O–H groups in total. The minimum absolute atomic E-state index is 0.0670. The van der Waals surface area contributed by atoms with Crippen molar-refractivity contribution in [1.29, 1.82) is 0 Å². The van der Waals surface area contributed by atoms with Crippen LogP contribution >= 0.6 is 11.6 Å². The largest absolute Gasteiger partial charge is 0.494 e. The molecule has 6 heteroatoms. The van der Waals surface area contributed by atoms with Crippen molar-refractivity contribution in [3.8, 4) is 5.75 Å². The van der Waals surface area contributed by atoms with E-state index < -0.39 is 0 Å². The van der Waals surface area contributed by atoms with Crippen LogP contribution in [-0.2, 0) is 17.6 Å². The Morgan fingerprint density at radius 2 is 2.38 bits per heavy atom. The molecule has 1 aromatic heterocycles. The number of carbonyl (C=O) groups is 1. The molecule has 1 aliphatic rings. The van der Waals surface area contributed by atoms with Crippen LogP contribution in [0.1, 0.15) is 42.5 Å². The zero-order chi connectivity index (χ0) is 16.9. The van der Waals surface area contributed by atoms with Gasteiger partial charge >= 0.3 is 0 Å². The molecule has 0 bridgehead atoms. The summed E-state index contributed by atoms with van der Waals surface area (Å²) < 4.78 is 5.62. The summed E-state index contributed by atoms with van der Waals surface area (Å²) in [5, 5.41) is 10.8. The summed E-state index contributed by atoms with van der Waals surface area (Å²) in [5.74, 6) is 0.793. The van der Waals surface area contributed by atoms with Gasteiger partial charge in [-0.15, -0.1) is 0 Å². The topological polar surface area (TPSA) is 67.0 Å². The van der Waals surface area contributed by atoms with Gasteiger partial charge in [-0.1, -0.05) is 11.6 Å². The number of nitrogens with one attached hydrogen (secondary N) is 2. The number of fused-ring (bicyclic) bond motifs is 1. The number of nitrogens with zero attached hydrogens (tertiary/aromatic N) is 1. The van der Waals surface area contributed by atoms with Crippen LogP contribution in [-0.4, -0.2) is 29.3 Å². The Morgan fingerprint density at radius 1 is 1.50 bits per heavy atom. The lowest BCUT2D eigenvalue weighted by Gasteiger charge is -2.21. The lowest BCUT2D eigenvalue weighted by molar-refractivity contribution is -0.122. The molecule has 1 aliphatic carbocycles. The number of amides is 1. The number of hydrogen-bond donors (Lipinski definition) is 2. The molecule has 0 saturated carbocycles. The first kappa shape index (κ1) is 16.8. The standard InChI is InChI=1S/C18H22ClN3O2/c1-2-24-17-7-6-13(19)10-12(17)8-9-20-18(23)14-4-3-5-16-15(14)11-21-22-16/h6-7,10-11,14H,2-5,8-9H2,1H3,(H,20,23)(H,21,22)/t14-/m0/s1. The number of aromatic nitrogens is 2. The van der Waals surface area contributed by atoms with Gasteiger partial charge in [-0.25, -0.2) is 0 Å². The molecule has 1 amide bonds. The number of ether oxygens (including phenoxy) is 1. The molecule has 1 heterocycles. The molecule has 0 radical (unpaired) electrons. The van der Waals surface area contributed by atoms with E-state index >= 15 is 0 Å². The SMILES string of the molecule is CCOc1ccc(Cl)cc1CCNC(=O)[C@H]1CCCc2[nH]ncc21. The third kappa shape index (κ3) is 3.73. The predicted octanol–water partition coefficient (Wildman–Crippen LogP) is 3.24. The summed E-state index contributed by atoms with van der Waals surface area (Å²) in [5.41, 5.74) is 3.14. The first-order chi connectivity index (χ1) is 11.7. The van der Waals surface area contributed by atoms with Crippen molar-refractivity contribution in [1.82, 2.24) is 15.5 Å². The predicted molar refractivity (Wildman–Crippen MR) is 93.6 cm³/mol. The van der Waals surface area contributed by atoms with E-state index in [1.165, 1.54) is 0 Å². The summed E-state index contributed by atoms with van der Waals surface area (Å²) in [4.78, 5) is 12.5. The summed E-state index contributed by atoms with van der Waals surface area (Å²) in [6.45, 7) is 3.11. The Labute approximate surface area is 146 Å². The van der Waals surface area contributed by atoms with Crippen LogP contribution in [0.5, 0.6) is 5.75 Å². The van der Waals surface area contributed by atoms with Crippen LogP contribution in [0.4, 0.5) is 0 Å². The second kappa shape index (κ2) is 7.71. The van der Waals surface area contributed by atoms with Gasteiger partial charge in [0, 0.05) is 22.8 Å². The van der Waals surface area contributed by atoms with E-state index in [-0.39, 0.29) is 11.8 Å². The fraction of sp³-hybridized carbons (Fsp3) is 0.444. The molecular formula is C18H22ClN3O2. The van der Waals surface area contributed by atoms with Crippen LogP contribution in [0.15, 0.2) is 24.4 Å². The first-order valence-corrected chi connectivity index (χ1v) is 8.78. The monoisotopic (exact) mass is 347 g/mol. The van der Waals surface area contributed by atoms with E-state index in [4.69, 9.17) is 16.3 Å². The second-order valence-electron chi connectivity index (χ2n) is 5.97. The lowest BCUT2D eigenvalue weighted by Crippen LogP contribution is -2.32. The molecular weight excluding hydrogens is 326 g/mol.